The van der Waals surface area contributed by atoms with E-state index in [1.165, 1.54) is 0 Å². The summed E-state index contributed by atoms with van der Waals surface area (Å²) < 4.78 is 11.7. The Morgan fingerprint density at radius 2 is 2.42 bits per heavy atom. The number of aromatic nitrogens is 2. The average Bonchev–Trinajstić information content (AvgIpc) is 2.05. The zero-order valence-electron chi connectivity index (χ0n) is 7.05. The van der Waals surface area contributed by atoms with Gasteiger partial charge in [0.05, 0.1) is 5.69 Å². The van der Waals surface area contributed by atoms with Gasteiger partial charge < -0.3 is 5.32 Å². The summed E-state index contributed by atoms with van der Waals surface area (Å²) in [5.41, 5.74) is 0.899. The molecule has 0 aliphatic rings. The number of nitrogens with one attached hydrogen (secondary N) is 1. The summed E-state index contributed by atoms with van der Waals surface area (Å²) in [4.78, 5) is 8.10. The smallest absolute Gasteiger partial charge is 0.125 e. The van der Waals surface area contributed by atoms with Crippen LogP contribution in [-0.2, 0) is 6.54 Å². The fourth-order valence-corrected chi connectivity index (χ4v) is 0.887. The number of hydrogen-bond donors (Lipinski definition) is 1. The molecule has 0 aromatic carbocycles. The molecule has 0 saturated heterocycles. The molecule has 1 rings (SSSR count). The molecule has 0 fully saturated rings. The first-order valence-electron chi connectivity index (χ1n) is 3.88. The lowest BCUT2D eigenvalue weighted by Gasteiger charge is -2.01. The Labute approximate surface area is 71.0 Å². The molecule has 1 heterocycles. The van der Waals surface area contributed by atoms with Crippen molar-refractivity contribution in [2.24, 2.45) is 0 Å². The van der Waals surface area contributed by atoms with Gasteiger partial charge in [-0.1, -0.05) is 0 Å². The van der Waals surface area contributed by atoms with Crippen LogP contribution in [0.5, 0.6) is 0 Å². The number of halogens is 1. The highest BCUT2D eigenvalue weighted by Crippen LogP contribution is 1.93. The number of nitrogens with zero attached hydrogens (tertiary/aromatic N) is 2. The van der Waals surface area contributed by atoms with Crippen molar-refractivity contribution in [3.8, 4) is 0 Å². The Morgan fingerprint density at radius 1 is 1.58 bits per heavy atom. The van der Waals surface area contributed by atoms with E-state index in [-0.39, 0.29) is 6.67 Å². The summed E-state index contributed by atoms with van der Waals surface area (Å²) >= 11 is 0. The van der Waals surface area contributed by atoms with Crippen LogP contribution < -0.4 is 5.32 Å². The van der Waals surface area contributed by atoms with Crippen LogP contribution in [0.1, 0.15) is 11.5 Å². The number of hydrogen-bond acceptors (Lipinski definition) is 3. The van der Waals surface area contributed by atoms with Gasteiger partial charge in [0.2, 0.25) is 0 Å². The van der Waals surface area contributed by atoms with Crippen molar-refractivity contribution in [3.05, 3.63) is 23.8 Å². The van der Waals surface area contributed by atoms with Gasteiger partial charge in [0.1, 0.15) is 12.5 Å². The summed E-state index contributed by atoms with van der Waals surface area (Å²) in [6, 6.07) is 1.82. The molecule has 0 saturated carbocycles. The van der Waals surface area contributed by atoms with E-state index in [9.17, 15) is 4.39 Å². The van der Waals surface area contributed by atoms with E-state index in [0.717, 1.165) is 11.5 Å². The molecular weight excluding hydrogens is 157 g/mol. The lowest BCUT2D eigenvalue weighted by Crippen LogP contribution is -2.17. The second-order valence-corrected chi connectivity index (χ2v) is 2.46. The van der Waals surface area contributed by atoms with Crippen molar-refractivity contribution in [1.29, 1.82) is 0 Å². The van der Waals surface area contributed by atoms with Crippen LogP contribution >= 0.6 is 0 Å². The number of rotatable bonds is 4. The van der Waals surface area contributed by atoms with Gasteiger partial charge in [-0.15, -0.1) is 0 Å². The minimum atomic E-state index is -0.343. The van der Waals surface area contributed by atoms with Crippen LogP contribution in [0.2, 0.25) is 0 Å². The molecule has 1 N–H and O–H groups in total. The standard InChI is InChI=1S/C8H12FN3/c1-7-11-4-2-8(12-7)6-10-5-3-9/h2,4,10H,3,5-6H2,1H3. The maximum atomic E-state index is 11.7. The molecule has 4 heteroatoms. The van der Waals surface area contributed by atoms with Crippen LogP contribution in [0.25, 0.3) is 0 Å². The molecular formula is C8H12FN3. The van der Waals surface area contributed by atoms with Gasteiger partial charge in [0, 0.05) is 19.3 Å². The highest BCUT2D eigenvalue weighted by atomic mass is 19.1. The summed E-state index contributed by atoms with van der Waals surface area (Å²) in [6.45, 7) is 2.47. The third kappa shape index (κ3) is 2.92. The van der Waals surface area contributed by atoms with E-state index < -0.39 is 0 Å². The molecule has 66 valence electrons. The van der Waals surface area contributed by atoms with Crippen LogP contribution in [0.4, 0.5) is 4.39 Å². The molecule has 3 nitrogen and oxygen atoms in total. The van der Waals surface area contributed by atoms with Gasteiger partial charge in [-0.3, -0.25) is 0 Å². The predicted molar refractivity (Wildman–Crippen MR) is 44.5 cm³/mol. The molecule has 1 aromatic heterocycles. The van der Waals surface area contributed by atoms with Crippen LogP contribution in [0, 0.1) is 6.92 Å². The van der Waals surface area contributed by atoms with E-state index in [2.05, 4.69) is 15.3 Å². The van der Waals surface area contributed by atoms with Crippen molar-refractivity contribution in [3.63, 3.8) is 0 Å². The van der Waals surface area contributed by atoms with Gasteiger partial charge in [0.15, 0.2) is 0 Å². The first-order valence-corrected chi connectivity index (χ1v) is 3.88. The third-order valence-electron chi connectivity index (χ3n) is 1.41. The first-order chi connectivity index (χ1) is 5.83. The molecule has 0 bridgehead atoms. The molecule has 0 atom stereocenters. The van der Waals surface area contributed by atoms with Crippen molar-refractivity contribution in [2.75, 3.05) is 13.2 Å². The molecule has 12 heavy (non-hydrogen) atoms. The fourth-order valence-electron chi connectivity index (χ4n) is 0.887. The van der Waals surface area contributed by atoms with Crippen LogP contribution in [0.3, 0.4) is 0 Å². The van der Waals surface area contributed by atoms with Crippen molar-refractivity contribution < 1.29 is 4.39 Å². The minimum Gasteiger partial charge on any atom is -0.309 e. The van der Waals surface area contributed by atoms with Gasteiger partial charge >= 0.3 is 0 Å². The Morgan fingerprint density at radius 3 is 3.08 bits per heavy atom. The topological polar surface area (TPSA) is 37.8 Å². The van der Waals surface area contributed by atoms with Crippen molar-refractivity contribution >= 4 is 0 Å². The molecule has 0 unspecified atom stereocenters. The van der Waals surface area contributed by atoms with Crippen LogP contribution in [0.15, 0.2) is 12.3 Å². The van der Waals surface area contributed by atoms with E-state index in [4.69, 9.17) is 0 Å². The predicted octanol–water partition coefficient (Wildman–Crippen LogP) is 0.844. The highest BCUT2D eigenvalue weighted by Gasteiger charge is 1.93. The molecule has 0 aliphatic heterocycles. The van der Waals surface area contributed by atoms with E-state index in [1.807, 2.05) is 13.0 Å². The lowest BCUT2D eigenvalue weighted by molar-refractivity contribution is 0.465. The Bertz CT molecular complexity index is 239. The largest absolute Gasteiger partial charge is 0.309 e. The monoisotopic (exact) mass is 169 g/mol. The Balaban J connectivity index is 2.41. The van der Waals surface area contributed by atoms with Crippen molar-refractivity contribution in [1.82, 2.24) is 15.3 Å². The normalized spacial score (nSPS) is 10.2. The molecule has 0 amide bonds. The molecule has 0 radical (unpaired) electrons. The highest BCUT2D eigenvalue weighted by molar-refractivity contribution is 5.00. The number of aryl methyl sites for hydroxylation is 1. The van der Waals surface area contributed by atoms with Gasteiger partial charge in [0.25, 0.3) is 0 Å². The SMILES string of the molecule is Cc1nccc(CNCCF)n1. The quantitative estimate of drug-likeness (QED) is 0.679. The average molecular weight is 169 g/mol. The molecule has 1 aromatic rings. The Kier molecular flexibility index (Phi) is 3.60. The number of alkyl halides is 1. The summed E-state index contributed by atoms with van der Waals surface area (Å²) in [7, 11) is 0. The first kappa shape index (κ1) is 9.06. The van der Waals surface area contributed by atoms with E-state index in [0.29, 0.717) is 13.1 Å². The van der Waals surface area contributed by atoms with Gasteiger partial charge in [-0.25, -0.2) is 14.4 Å². The van der Waals surface area contributed by atoms with E-state index in [1.54, 1.807) is 6.20 Å². The summed E-state index contributed by atoms with van der Waals surface area (Å²) in [5, 5.41) is 2.91. The summed E-state index contributed by atoms with van der Waals surface area (Å²) in [6.07, 6.45) is 1.70. The maximum absolute atomic E-state index is 11.7. The molecule has 0 aliphatic carbocycles. The maximum Gasteiger partial charge on any atom is 0.125 e. The Hall–Kier alpha value is -1.03. The van der Waals surface area contributed by atoms with Crippen LogP contribution in [-0.4, -0.2) is 23.2 Å². The van der Waals surface area contributed by atoms with Gasteiger partial charge in [-0.05, 0) is 13.0 Å². The zero-order valence-corrected chi connectivity index (χ0v) is 7.05. The summed E-state index contributed by atoms with van der Waals surface area (Å²) in [5.74, 6) is 0.745. The fraction of sp³-hybridized carbons (Fsp3) is 0.500. The van der Waals surface area contributed by atoms with Crippen molar-refractivity contribution in [2.45, 2.75) is 13.5 Å². The minimum absolute atomic E-state index is 0.343. The molecule has 0 spiro atoms. The second-order valence-electron chi connectivity index (χ2n) is 2.46. The zero-order chi connectivity index (χ0) is 8.81. The second kappa shape index (κ2) is 4.77. The third-order valence-corrected chi connectivity index (χ3v) is 1.41. The van der Waals surface area contributed by atoms with E-state index >= 15 is 0 Å². The lowest BCUT2D eigenvalue weighted by atomic mass is 10.4. The van der Waals surface area contributed by atoms with Gasteiger partial charge in [-0.2, -0.15) is 0 Å².